The Balaban J connectivity index is 1.55. The quantitative estimate of drug-likeness (QED) is 0.851. The lowest BCUT2D eigenvalue weighted by Crippen LogP contribution is -2.30. The number of benzene rings is 2. The van der Waals surface area contributed by atoms with Gasteiger partial charge in [0.25, 0.3) is 5.91 Å². The van der Waals surface area contributed by atoms with E-state index in [0.717, 1.165) is 29.5 Å². The number of halogens is 2. The number of oxime groups is 1. The molecule has 0 bridgehead atoms. The van der Waals surface area contributed by atoms with E-state index in [9.17, 15) is 13.6 Å². The average Bonchev–Trinajstić information content (AvgIpc) is 3.14. The van der Waals surface area contributed by atoms with Crippen LogP contribution >= 0.6 is 0 Å². The van der Waals surface area contributed by atoms with Gasteiger partial charge in [-0.05, 0) is 17.7 Å². The molecule has 0 aromatic heterocycles. The molecule has 2 aliphatic heterocycles. The van der Waals surface area contributed by atoms with Crippen molar-refractivity contribution >= 4 is 11.6 Å². The molecule has 2 aliphatic rings. The Morgan fingerprint density at radius 2 is 1.79 bits per heavy atom. The van der Waals surface area contributed by atoms with Crippen LogP contribution in [-0.4, -0.2) is 35.7 Å². The SMILES string of the molecule is O=C(c1cc(F)cc(F)c1)N1CC2ON=C(c3ccccc3)C2C1. The van der Waals surface area contributed by atoms with E-state index in [0.29, 0.717) is 13.1 Å². The molecule has 122 valence electrons. The highest BCUT2D eigenvalue weighted by molar-refractivity contribution is 6.04. The lowest BCUT2D eigenvalue weighted by molar-refractivity contribution is 0.0631. The van der Waals surface area contributed by atoms with Crippen molar-refractivity contribution in [3.63, 3.8) is 0 Å². The van der Waals surface area contributed by atoms with Gasteiger partial charge in [-0.25, -0.2) is 8.78 Å². The maximum Gasteiger partial charge on any atom is 0.254 e. The molecular formula is C18H14F2N2O2. The molecule has 4 rings (SSSR count). The van der Waals surface area contributed by atoms with Crippen molar-refractivity contribution < 1.29 is 18.4 Å². The minimum absolute atomic E-state index is 0.00525. The predicted octanol–water partition coefficient (Wildman–Crippen LogP) is 2.84. The van der Waals surface area contributed by atoms with Crippen LogP contribution in [-0.2, 0) is 4.84 Å². The van der Waals surface area contributed by atoms with Crippen molar-refractivity contribution in [3.8, 4) is 0 Å². The zero-order valence-corrected chi connectivity index (χ0v) is 12.7. The second-order valence-electron chi connectivity index (χ2n) is 5.96. The van der Waals surface area contributed by atoms with E-state index in [1.807, 2.05) is 30.3 Å². The first-order chi connectivity index (χ1) is 11.6. The summed E-state index contributed by atoms with van der Waals surface area (Å²) in [6.07, 6.45) is -0.220. The predicted molar refractivity (Wildman–Crippen MR) is 83.6 cm³/mol. The molecule has 2 aromatic rings. The maximum absolute atomic E-state index is 13.3. The lowest BCUT2D eigenvalue weighted by atomic mass is 9.95. The molecule has 1 amide bonds. The normalized spacial score (nSPS) is 22.1. The van der Waals surface area contributed by atoms with Crippen molar-refractivity contribution in [3.05, 3.63) is 71.3 Å². The Hall–Kier alpha value is -2.76. The van der Waals surface area contributed by atoms with Crippen LogP contribution in [0.5, 0.6) is 0 Å². The third-order valence-corrected chi connectivity index (χ3v) is 4.37. The molecule has 2 aromatic carbocycles. The number of hydrogen-bond donors (Lipinski definition) is 0. The number of carbonyl (C=O) groups is 1. The first-order valence-electron chi connectivity index (χ1n) is 7.66. The van der Waals surface area contributed by atoms with Crippen LogP contribution < -0.4 is 0 Å². The van der Waals surface area contributed by atoms with Crippen LogP contribution in [0.25, 0.3) is 0 Å². The Kier molecular flexibility index (Phi) is 3.52. The van der Waals surface area contributed by atoms with E-state index in [1.54, 1.807) is 4.90 Å². The summed E-state index contributed by atoms with van der Waals surface area (Å²) in [7, 11) is 0. The van der Waals surface area contributed by atoms with E-state index in [1.165, 1.54) is 0 Å². The first kappa shape index (κ1) is 14.8. The summed E-state index contributed by atoms with van der Waals surface area (Å²) in [6.45, 7) is 0.761. The van der Waals surface area contributed by atoms with Crippen LogP contribution in [0.4, 0.5) is 8.78 Å². The topological polar surface area (TPSA) is 41.9 Å². The minimum atomic E-state index is -0.763. The Labute approximate surface area is 137 Å². The van der Waals surface area contributed by atoms with Crippen LogP contribution in [0.15, 0.2) is 53.7 Å². The number of rotatable bonds is 2. The molecule has 1 fully saturated rings. The van der Waals surface area contributed by atoms with Gasteiger partial charge in [0.1, 0.15) is 11.6 Å². The van der Waals surface area contributed by atoms with Gasteiger partial charge in [-0.2, -0.15) is 0 Å². The van der Waals surface area contributed by atoms with Crippen LogP contribution in [0.2, 0.25) is 0 Å². The fraction of sp³-hybridized carbons (Fsp3) is 0.222. The Bertz CT molecular complexity index is 803. The molecule has 2 heterocycles. The van der Waals surface area contributed by atoms with Crippen molar-refractivity contribution in [1.29, 1.82) is 0 Å². The number of nitrogens with zero attached hydrogens (tertiary/aromatic N) is 2. The molecule has 0 radical (unpaired) electrons. The van der Waals surface area contributed by atoms with E-state index >= 15 is 0 Å². The molecular weight excluding hydrogens is 314 g/mol. The fourth-order valence-corrected chi connectivity index (χ4v) is 3.24. The number of fused-ring (bicyclic) bond motifs is 1. The fourth-order valence-electron chi connectivity index (χ4n) is 3.24. The van der Waals surface area contributed by atoms with Gasteiger partial charge < -0.3 is 9.74 Å². The monoisotopic (exact) mass is 328 g/mol. The van der Waals surface area contributed by atoms with Gasteiger partial charge in [-0.1, -0.05) is 35.5 Å². The summed E-state index contributed by atoms with van der Waals surface area (Å²) in [5.74, 6) is -1.96. The molecule has 0 saturated carbocycles. The molecule has 24 heavy (non-hydrogen) atoms. The van der Waals surface area contributed by atoms with Gasteiger partial charge >= 0.3 is 0 Å². The van der Waals surface area contributed by atoms with E-state index in [-0.39, 0.29) is 17.6 Å². The van der Waals surface area contributed by atoms with Gasteiger partial charge in [0.15, 0.2) is 6.10 Å². The molecule has 1 saturated heterocycles. The highest BCUT2D eigenvalue weighted by Gasteiger charge is 2.44. The van der Waals surface area contributed by atoms with Crippen molar-refractivity contribution in [2.24, 2.45) is 11.1 Å². The summed E-state index contributed by atoms with van der Waals surface area (Å²) in [6, 6.07) is 12.5. The van der Waals surface area contributed by atoms with Crippen molar-refractivity contribution in [1.82, 2.24) is 4.90 Å². The summed E-state index contributed by atoms with van der Waals surface area (Å²) >= 11 is 0. The first-order valence-corrected chi connectivity index (χ1v) is 7.66. The maximum atomic E-state index is 13.3. The second kappa shape index (κ2) is 5.70. The highest BCUT2D eigenvalue weighted by Crippen LogP contribution is 2.31. The molecule has 0 spiro atoms. The van der Waals surface area contributed by atoms with Crippen LogP contribution in [0.1, 0.15) is 15.9 Å². The summed E-state index contributed by atoms with van der Waals surface area (Å²) in [5, 5.41) is 4.14. The summed E-state index contributed by atoms with van der Waals surface area (Å²) < 4.78 is 26.7. The standard InChI is InChI=1S/C18H14F2N2O2/c19-13-6-12(7-14(20)8-13)18(23)22-9-15-16(10-22)24-21-17(15)11-4-2-1-3-5-11/h1-8,15-16H,9-10H2. The van der Waals surface area contributed by atoms with Gasteiger partial charge in [-0.15, -0.1) is 0 Å². The Morgan fingerprint density at radius 1 is 1.08 bits per heavy atom. The summed E-state index contributed by atoms with van der Waals surface area (Å²) in [4.78, 5) is 19.5. The number of hydrogen-bond acceptors (Lipinski definition) is 3. The van der Waals surface area contributed by atoms with Gasteiger partial charge in [0, 0.05) is 18.2 Å². The zero-order chi connectivity index (χ0) is 16.7. The van der Waals surface area contributed by atoms with Crippen LogP contribution in [0, 0.1) is 17.6 Å². The van der Waals surface area contributed by atoms with Crippen molar-refractivity contribution in [2.45, 2.75) is 6.10 Å². The summed E-state index contributed by atoms with van der Waals surface area (Å²) in [5.41, 5.74) is 1.77. The van der Waals surface area contributed by atoms with Gasteiger partial charge in [0.2, 0.25) is 0 Å². The van der Waals surface area contributed by atoms with E-state index < -0.39 is 17.5 Å². The smallest absolute Gasteiger partial charge is 0.254 e. The van der Waals surface area contributed by atoms with Crippen LogP contribution in [0.3, 0.4) is 0 Å². The number of amides is 1. The zero-order valence-electron chi connectivity index (χ0n) is 12.7. The lowest BCUT2D eigenvalue weighted by Gasteiger charge is -2.17. The highest BCUT2D eigenvalue weighted by atomic mass is 19.1. The number of likely N-dealkylation sites (tertiary alicyclic amines) is 1. The molecule has 0 N–H and O–H groups in total. The Morgan fingerprint density at radius 3 is 2.50 bits per heavy atom. The third-order valence-electron chi connectivity index (χ3n) is 4.37. The molecule has 4 nitrogen and oxygen atoms in total. The molecule has 6 heteroatoms. The molecule has 2 atom stereocenters. The van der Waals surface area contributed by atoms with Gasteiger partial charge in [0.05, 0.1) is 18.2 Å². The van der Waals surface area contributed by atoms with Gasteiger partial charge in [-0.3, -0.25) is 4.79 Å². The molecule has 2 unspecified atom stereocenters. The van der Waals surface area contributed by atoms with E-state index in [4.69, 9.17) is 4.84 Å². The average molecular weight is 328 g/mol. The van der Waals surface area contributed by atoms with E-state index in [2.05, 4.69) is 5.16 Å². The number of carbonyl (C=O) groups excluding carboxylic acids is 1. The largest absolute Gasteiger partial charge is 0.390 e. The molecule has 0 aliphatic carbocycles. The minimum Gasteiger partial charge on any atom is -0.390 e. The van der Waals surface area contributed by atoms with Crippen molar-refractivity contribution in [2.75, 3.05) is 13.1 Å². The third kappa shape index (κ3) is 2.54. The second-order valence-corrected chi connectivity index (χ2v) is 5.96.